The van der Waals surface area contributed by atoms with E-state index in [0.717, 1.165) is 12.8 Å². The largest absolute Gasteiger partial charge is 0.244 e. The highest BCUT2D eigenvalue weighted by atomic mass is 32.2. The Morgan fingerprint density at radius 3 is 2.19 bits per heavy atom. The van der Waals surface area contributed by atoms with Crippen molar-refractivity contribution in [2.75, 3.05) is 6.54 Å². The second-order valence-corrected chi connectivity index (χ2v) is 8.99. The summed E-state index contributed by atoms with van der Waals surface area (Å²) in [4.78, 5) is -0.594. The predicted octanol–water partition coefficient (Wildman–Crippen LogP) is 1.14. The van der Waals surface area contributed by atoms with Crippen LogP contribution in [0.15, 0.2) is 34.1 Å². The third kappa shape index (κ3) is 3.28. The summed E-state index contributed by atoms with van der Waals surface area (Å²) in [6, 6.07) is 5.32. The van der Waals surface area contributed by atoms with E-state index in [1.807, 2.05) is 13.8 Å². The summed E-state index contributed by atoms with van der Waals surface area (Å²) >= 11 is 0. The lowest BCUT2D eigenvalue weighted by Gasteiger charge is -2.35. The molecule has 0 amide bonds. The quantitative estimate of drug-likeness (QED) is 0.897. The molecule has 118 valence electrons. The molecule has 1 aromatic carbocycles. The summed E-state index contributed by atoms with van der Waals surface area (Å²) in [5.41, 5.74) is 0. The van der Waals surface area contributed by atoms with Gasteiger partial charge in [0.1, 0.15) is 9.79 Å². The predicted molar refractivity (Wildman–Crippen MR) is 79.6 cm³/mol. The summed E-state index contributed by atoms with van der Waals surface area (Å²) in [5.74, 6) is 0.248. The Balaban J connectivity index is 2.55. The topological polar surface area (TPSA) is 97.5 Å². The Morgan fingerprint density at radius 2 is 1.62 bits per heavy atom. The summed E-state index contributed by atoms with van der Waals surface area (Å²) in [7, 11) is -7.98. The molecule has 0 aliphatic carbocycles. The van der Waals surface area contributed by atoms with Crippen molar-refractivity contribution in [1.29, 1.82) is 0 Å². The SMILES string of the molecule is CC1CCC(C)N(S(=O)(=O)c2ccccc2S(N)(=O)=O)C1. The first kappa shape index (κ1) is 16.4. The van der Waals surface area contributed by atoms with Crippen LogP contribution in [0.1, 0.15) is 26.7 Å². The number of piperidine rings is 1. The minimum Gasteiger partial charge on any atom is -0.225 e. The molecule has 2 unspecified atom stereocenters. The Labute approximate surface area is 126 Å². The van der Waals surface area contributed by atoms with E-state index in [4.69, 9.17) is 5.14 Å². The Bertz CT molecular complexity index is 728. The summed E-state index contributed by atoms with van der Waals surface area (Å²) in [6.45, 7) is 4.21. The zero-order valence-corrected chi connectivity index (χ0v) is 13.7. The van der Waals surface area contributed by atoms with Crippen LogP contribution in [0.2, 0.25) is 0 Å². The molecular formula is C13H20N2O4S2. The van der Waals surface area contributed by atoms with E-state index in [9.17, 15) is 16.8 Å². The van der Waals surface area contributed by atoms with Crippen LogP contribution in [-0.4, -0.2) is 33.7 Å². The molecule has 2 atom stereocenters. The molecule has 1 aliphatic rings. The first-order chi connectivity index (χ1) is 9.64. The number of nitrogens with two attached hydrogens (primary N) is 1. The lowest BCUT2D eigenvalue weighted by Crippen LogP contribution is -2.45. The number of nitrogens with zero attached hydrogens (tertiary/aromatic N) is 1. The Morgan fingerprint density at radius 1 is 1.05 bits per heavy atom. The van der Waals surface area contributed by atoms with Crippen molar-refractivity contribution in [3.8, 4) is 0 Å². The fourth-order valence-electron chi connectivity index (χ4n) is 2.61. The summed E-state index contributed by atoms with van der Waals surface area (Å²) < 4.78 is 50.3. The van der Waals surface area contributed by atoms with Gasteiger partial charge in [-0.2, -0.15) is 4.31 Å². The maximum absolute atomic E-state index is 12.8. The monoisotopic (exact) mass is 332 g/mol. The molecule has 6 nitrogen and oxygen atoms in total. The number of hydrogen-bond acceptors (Lipinski definition) is 4. The van der Waals surface area contributed by atoms with Crippen LogP contribution >= 0.6 is 0 Å². The first-order valence-corrected chi connectivity index (χ1v) is 9.76. The number of benzene rings is 1. The molecule has 1 saturated heterocycles. The molecule has 0 spiro atoms. The van der Waals surface area contributed by atoms with Crippen molar-refractivity contribution in [2.45, 2.75) is 42.5 Å². The second-order valence-electron chi connectivity index (χ2n) is 5.60. The van der Waals surface area contributed by atoms with Crippen LogP contribution in [-0.2, 0) is 20.0 Å². The molecule has 1 fully saturated rings. The molecule has 1 aliphatic heterocycles. The molecule has 1 aromatic rings. The van der Waals surface area contributed by atoms with Gasteiger partial charge >= 0.3 is 0 Å². The van der Waals surface area contributed by atoms with Gasteiger partial charge in [0.15, 0.2) is 0 Å². The maximum Gasteiger partial charge on any atom is 0.244 e. The van der Waals surface area contributed by atoms with E-state index in [2.05, 4.69) is 0 Å². The first-order valence-electron chi connectivity index (χ1n) is 6.77. The van der Waals surface area contributed by atoms with E-state index >= 15 is 0 Å². The van der Waals surface area contributed by atoms with Gasteiger partial charge in [0.25, 0.3) is 0 Å². The molecule has 2 N–H and O–H groups in total. The zero-order chi connectivity index (χ0) is 15.8. The molecule has 21 heavy (non-hydrogen) atoms. The molecule has 0 radical (unpaired) electrons. The van der Waals surface area contributed by atoms with Crippen molar-refractivity contribution in [1.82, 2.24) is 4.31 Å². The highest BCUT2D eigenvalue weighted by molar-refractivity contribution is 7.92. The Hall–Kier alpha value is -0.960. The van der Waals surface area contributed by atoms with Gasteiger partial charge in [-0.1, -0.05) is 19.1 Å². The molecule has 1 heterocycles. The van der Waals surface area contributed by atoms with E-state index in [-0.39, 0.29) is 21.8 Å². The zero-order valence-electron chi connectivity index (χ0n) is 12.1. The van der Waals surface area contributed by atoms with Gasteiger partial charge in [-0.15, -0.1) is 0 Å². The molecule has 0 saturated carbocycles. The van der Waals surface area contributed by atoms with Crippen LogP contribution in [0.25, 0.3) is 0 Å². The molecule has 8 heteroatoms. The number of primary sulfonamides is 1. The van der Waals surface area contributed by atoms with E-state index < -0.39 is 20.0 Å². The molecule has 0 bridgehead atoms. The van der Waals surface area contributed by atoms with Gasteiger partial charge in [0.2, 0.25) is 20.0 Å². The highest BCUT2D eigenvalue weighted by Crippen LogP contribution is 2.30. The van der Waals surface area contributed by atoms with Gasteiger partial charge in [0, 0.05) is 12.6 Å². The Kier molecular flexibility index (Phi) is 4.44. The third-order valence-electron chi connectivity index (χ3n) is 3.80. The van der Waals surface area contributed by atoms with Gasteiger partial charge in [0.05, 0.1) is 0 Å². The van der Waals surface area contributed by atoms with Crippen molar-refractivity contribution in [3.05, 3.63) is 24.3 Å². The van der Waals surface area contributed by atoms with Crippen LogP contribution < -0.4 is 5.14 Å². The third-order valence-corrected chi connectivity index (χ3v) is 6.94. The minimum absolute atomic E-state index is 0.153. The van der Waals surface area contributed by atoms with Crippen LogP contribution in [0.4, 0.5) is 0 Å². The van der Waals surface area contributed by atoms with Gasteiger partial charge < -0.3 is 0 Å². The number of sulfonamides is 2. The molecular weight excluding hydrogens is 312 g/mol. The van der Waals surface area contributed by atoms with Gasteiger partial charge in [-0.05, 0) is 37.8 Å². The molecule has 2 rings (SSSR count). The fraction of sp³-hybridized carbons (Fsp3) is 0.538. The van der Waals surface area contributed by atoms with Crippen molar-refractivity contribution in [3.63, 3.8) is 0 Å². The van der Waals surface area contributed by atoms with E-state index in [1.165, 1.54) is 28.6 Å². The van der Waals surface area contributed by atoms with Gasteiger partial charge in [-0.25, -0.2) is 22.0 Å². The highest BCUT2D eigenvalue weighted by Gasteiger charge is 2.36. The standard InChI is InChI=1S/C13H20N2O4S2/c1-10-7-8-11(2)15(9-10)21(18,19)13-6-4-3-5-12(13)20(14,16)17/h3-6,10-11H,7-9H2,1-2H3,(H2,14,16,17). The van der Waals surface area contributed by atoms with E-state index in [0.29, 0.717) is 6.54 Å². The smallest absolute Gasteiger partial charge is 0.225 e. The average molecular weight is 332 g/mol. The second kappa shape index (κ2) is 5.68. The number of rotatable bonds is 3. The maximum atomic E-state index is 12.8. The van der Waals surface area contributed by atoms with Crippen molar-refractivity contribution in [2.24, 2.45) is 11.1 Å². The normalized spacial score (nSPS) is 24.9. The minimum atomic E-state index is -4.09. The lowest BCUT2D eigenvalue weighted by molar-refractivity contribution is 0.217. The van der Waals surface area contributed by atoms with Crippen LogP contribution in [0, 0.1) is 5.92 Å². The van der Waals surface area contributed by atoms with Crippen LogP contribution in [0.5, 0.6) is 0 Å². The fourth-order valence-corrected chi connectivity index (χ4v) is 5.74. The summed E-state index contributed by atoms with van der Waals surface area (Å²) in [6.07, 6.45) is 1.72. The lowest BCUT2D eigenvalue weighted by atomic mass is 9.97. The molecule has 0 aromatic heterocycles. The van der Waals surface area contributed by atoms with Gasteiger partial charge in [-0.3, -0.25) is 0 Å². The summed E-state index contributed by atoms with van der Waals surface area (Å²) in [5, 5.41) is 5.14. The number of hydrogen-bond donors (Lipinski definition) is 1. The van der Waals surface area contributed by atoms with Crippen LogP contribution in [0.3, 0.4) is 0 Å². The average Bonchev–Trinajstić information content (AvgIpc) is 2.40. The van der Waals surface area contributed by atoms with Crippen molar-refractivity contribution < 1.29 is 16.8 Å². The van der Waals surface area contributed by atoms with Crippen molar-refractivity contribution >= 4 is 20.0 Å². The van der Waals surface area contributed by atoms with E-state index in [1.54, 1.807) is 0 Å².